The van der Waals surface area contributed by atoms with Gasteiger partial charge in [0.15, 0.2) is 0 Å². The topological polar surface area (TPSA) is 215 Å². The Kier molecular flexibility index (Phi) is 13.1. The summed E-state index contributed by atoms with van der Waals surface area (Å²) in [5.41, 5.74) is -0.140. The first-order valence-corrected chi connectivity index (χ1v) is 20.0. The van der Waals surface area contributed by atoms with Gasteiger partial charge in [-0.1, -0.05) is 65.5 Å². The fraction of sp³-hybridized carbons (Fsp3) is 0.561. The van der Waals surface area contributed by atoms with Crippen molar-refractivity contribution in [1.29, 1.82) is 0 Å². The second-order valence-corrected chi connectivity index (χ2v) is 16.4. The first-order valence-electron chi connectivity index (χ1n) is 20.0. The number of carbonyl (C=O) groups excluding carboxylic acids is 6. The Morgan fingerprint density at radius 1 is 0.912 bits per heavy atom. The van der Waals surface area contributed by atoms with Gasteiger partial charge in [-0.3, -0.25) is 33.8 Å². The summed E-state index contributed by atoms with van der Waals surface area (Å²) in [4.78, 5) is 101. The molecule has 3 aliphatic rings. The van der Waals surface area contributed by atoms with Crippen LogP contribution in [-0.4, -0.2) is 103 Å². The lowest BCUT2D eigenvalue weighted by molar-refractivity contribution is -0.145. The Bertz CT molecular complexity index is 1940. The summed E-state index contributed by atoms with van der Waals surface area (Å²) < 4.78 is 6.39. The minimum atomic E-state index is -1.14. The standard InChI is InChI=1S/C41H53N9O7/c1-5-11-29(33(51)38(55)46-25-16-17-25)47-36(53)31-20-26(57-39-27-14-9-10-15-28(27)44-23-45-39)22-50(31)40(56)34(41(2,3)4)49-37(54)32(24-12-7-6-8-13-24)48-35(52)30-21-42-18-19-43-30/h9-10,14-15,18-19,21,23-26,29,31-32,34H,5-8,11-13,16-17,20,22H2,1-4H3,(H,46,55)(H,47,53)(H,48,52)(H,49,54)/t26-,29+,31+,32+,34-/m1/s1. The number of likely N-dealkylation sites (tertiary alicyclic amines) is 1. The van der Waals surface area contributed by atoms with Gasteiger partial charge in [0.25, 0.3) is 11.8 Å². The second kappa shape index (κ2) is 18.2. The van der Waals surface area contributed by atoms with Gasteiger partial charge in [0.2, 0.25) is 29.4 Å². The molecule has 5 atom stereocenters. The fourth-order valence-electron chi connectivity index (χ4n) is 7.62. The molecule has 1 saturated heterocycles. The van der Waals surface area contributed by atoms with Crippen LogP contribution >= 0.6 is 0 Å². The number of fused-ring (bicyclic) bond motifs is 1. The van der Waals surface area contributed by atoms with Gasteiger partial charge in [-0.2, -0.15) is 0 Å². The summed E-state index contributed by atoms with van der Waals surface area (Å²) in [6.45, 7) is 7.24. The van der Waals surface area contributed by atoms with Crippen LogP contribution in [0.3, 0.4) is 0 Å². The maximum atomic E-state index is 14.9. The summed E-state index contributed by atoms with van der Waals surface area (Å²) in [6, 6.07) is 2.94. The van der Waals surface area contributed by atoms with E-state index in [1.807, 2.05) is 52.0 Å². The number of nitrogens with zero attached hydrogens (tertiary/aromatic N) is 5. The highest BCUT2D eigenvalue weighted by Gasteiger charge is 2.47. The molecule has 1 aromatic carbocycles. The average Bonchev–Trinajstić information content (AvgIpc) is 3.93. The zero-order valence-corrected chi connectivity index (χ0v) is 33.0. The molecule has 3 heterocycles. The Morgan fingerprint density at radius 3 is 2.35 bits per heavy atom. The number of rotatable bonds is 15. The Hall–Kier alpha value is -5.54. The largest absolute Gasteiger partial charge is 0.472 e. The molecule has 2 aromatic heterocycles. The van der Waals surface area contributed by atoms with Crippen molar-refractivity contribution < 1.29 is 33.5 Å². The van der Waals surface area contributed by atoms with Crippen molar-refractivity contribution in [3.8, 4) is 5.88 Å². The van der Waals surface area contributed by atoms with E-state index in [2.05, 4.69) is 41.2 Å². The van der Waals surface area contributed by atoms with E-state index in [1.165, 1.54) is 29.8 Å². The second-order valence-electron chi connectivity index (χ2n) is 16.4. The van der Waals surface area contributed by atoms with Gasteiger partial charge in [0.05, 0.1) is 29.7 Å². The molecule has 0 bridgehead atoms. The number of Topliss-reactive ketones (excluding diaryl/α,β-unsaturated/α-hetero) is 1. The van der Waals surface area contributed by atoms with Gasteiger partial charge in [0.1, 0.15) is 36.3 Å². The fourth-order valence-corrected chi connectivity index (χ4v) is 7.62. The smallest absolute Gasteiger partial charge is 0.289 e. The van der Waals surface area contributed by atoms with Gasteiger partial charge >= 0.3 is 0 Å². The van der Waals surface area contributed by atoms with Crippen molar-refractivity contribution in [2.24, 2.45) is 11.3 Å². The maximum absolute atomic E-state index is 14.9. The van der Waals surface area contributed by atoms with E-state index in [9.17, 15) is 28.8 Å². The summed E-state index contributed by atoms with van der Waals surface area (Å²) >= 11 is 0. The first-order chi connectivity index (χ1) is 27.3. The van der Waals surface area contributed by atoms with E-state index in [-0.39, 0.29) is 42.9 Å². The quantitative estimate of drug-likeness (QED) is 0.165. The van der Waals surface area contributed by atoms with Crippen LogP contribution in [0.1, 0.15) is 102 Å². The molecule has 2 saturated carbocycles. The number of para-hydroxylation sites is 1. The number of ketones is 1. The summed E-state index contributed by atoms with van der Waals surface area (Å²) in [7, 11) is 0. The van der Waals surface area contributed by atoms with E-state index in [0.29, 0.717) is 30.2 Å². The van der Waals surface area contributed by atoms with E-state index in [4.69, 9.17) is 4.74 Å². The molecule has 5 amide bonds. The van der Waals surface area contributed by atoms with Gasteiger partial charge < -0.3 is 30.9 Å². The zero-order valence-electron chi connectivity index (χ0n) is 33.0. The van der Waals surface area contributed by atoms with Crippen molar-refractivity contribution in [2.45, 2.75) is 128 Å². The molecular weight excluding hydrogens is 731 g/mol. The van der Waals surface area contributed by atoms with Crippen molar-refractivity contribution in [2.75, 3.05) is 6.54 Å². The van der Waals surface area contributed by atoms with E-state index < -0.39 is 71.0 Å². The molecule has 3 fully saturated rings. The Balaban J connectivity index is 1.27. The summed E-state index contributed by atoms with van der Waals surface area (Å²) in [6.07, 6.45) is 11.5. The number of aromatic nitrogens is 4. The van der Waals surface area contributed by atoms with Crippen LogP contribution in [0.2, 0.25) is 0 Å². The average molecular weight is 784 g/mol. The predicted octanol–water partition coefficient (Wildman–Crippen LogP) is 2.81. The molecule has 57 heavy (non-hydrogen) atoms. The highest BCUT2D eigenvalue weighted by atomic mass is 16.5. The van der Waals surface area contributed by atoms with Crippen LogP contribution < -0.4 is 26.0 Å². The first kappa shape index (κ1) is 41.1. The minimum absolute atomic E-state index is 0.0400. The number of carbonyl (C=O) groups is 6. The number of ether oxygens (including phenoxy) is 1. The Labute approximate surface area is 332 Å². The SMILES string of the molecule is CCC[C@H](NC(=O)[C@@H]1C[C@@H](Oc2ncnc3ccccc23)CN1C(=O)[C@@H](NC(=O)[C@@H](NC(=O)c1cnccn1)C1CCCCC1)C(C)(C)C)C(=O)C(=O)NC1CC1. The zero-order chi connectivity index (χ0) is 40.7. The molecular formula is C41H53N9O7. The lowest BCUT2D eigenvalue weighted by atomic mass is 9.82. The van der Waals surface area contributed by atoms with Crippen molar-refractivity contribution in [3.05, 3.63) is 54.9 Å². The van der Waals surface area contributed by atoms with Crippen molar-refractivity contribution in [1.82, 2.24) is 46.1 Å². The number of nitrogens with one attached hydrogen (secondary N) is 4. The molecule has 0 radical (unpaired) electrons. The molecule has 304 valence electrons. The molecule has 16 nitrogen and oxygen atoms in total. The van der Waals surface area contributed by atoms with Crippen LogP contribution in [0.4, 0.5) is 0 Å². The number of hydrogen-bond donors (Lipinski definition) is 4. The monoisotopic (exact) mass is 783 g/mol. The van der Waals surface area contributed by atoms with Gasteiger partial charge in [-0.05, 0) is 55.6 Å². The number of hydrogen-bond acceptors (Lipinski definition) is 11. The maximum Gasteiger partial charge on any atom is 0.289 e. The third-order valence-electron chi connectivity index (χ3n) is 10.9. The number of benzene rings is 1. The van der Waals surface area contributed by atoms with Gasteiger partial charge in [-0.15, -0.1) is 0 Å². The normalized spacial score (nSPS) is 20.2. The van der Waals surface area contributed by atoms with Crippen LogP contribution in [0.5, 0.6) is 5.88 Å². The van der Waals surface area contributed by atoms with Crippen LogP contribution in [0.25, 0.3) is 10.9 Å². The summed E-state index contributed by atoms with van der Waals surface area (Å²) in [5, 5.41) is 12.0. The molecule has 6 rings (SSSR count). The van der Waals surface area contributed by atoms with Crippen LogP contribution in [0.15, 0.2) is 49.2 Å². The van der Waals surface area contributed by atoms with Gasteiger partial charge in [-0.25, -0.2) is 15.0 Å². The van der Waals surface area contributed by atoms with Crippen LogP contribution in [0, 0.1) is 11.3 Å². The minimum Gasteiger partial charge on any atom is -0.472 e. The Morgan fingerprint density at radius 2 is 1.67 bits per heavy atom. The van der Waals surface area contributed by atoms with Gasteiger partial charge in [0, 0.05) is 24.9 Å². The third kappa shape index (κ3) is 10.3. The molecule has 0 spiro atoms. The van der Waals surface area contributed by atoms with Crippen LogP contribution in [-0.2, 0) is 24.0 Å². The molecule has 16 heteroatoms. The predicted molar refractivity (Wildman–Crippen MR) is 208 cm³/mol. The number of amides is 5. The van der Waals surface area contributed by atoms with E-state index in [0.717, 1.165) is 32.1 Å². The van der Waals surface area contributed by atoms with Crippen molar-refractivity contribution in [3.63, 3.8) is 0 Å². The molecule has 0 unspecified atom stereocenters. The third-order valence-corrected chi connectivity index (χ3v) is 10.9. The van der Waals surface area contributed by atoms with E-state index >= 15 is 0 Å². The molecule has 2 aliphatic carbocycles. The highest BCUT2D eigenvalue weighted by molar-refractivity contribution is 6.38. The lowest BCUT2D eigenvalue weighted by Gasteiger charge is -2.37. The molecule has 4 N–H and O–H groups in total. The molecule has 3 aromatic rings. The summed E-state index contributed by atoms with van der Waals surface area (Å²) in [5.74, 6) is -3.63. The molecule has 1 aliphatic heterocycles. The van der Waals surface area contributed by atoms with E-state index in [1.54, 1.807) is 0 Å². The highest BCUT2D eigenvalue weighted by Crippen LogP contribution is 2.31. The lowest BCUT2D eigenvalue weighted by Crippen LogP contribution is -2.62. The van der Waals surface area contributed by atoms with Crippen molar-refractivity contribution >= 4 is 46.2 Å².